The molecule has 9 unspecified atom stereocenters. The van der Waals surface area contributed by atoms with Gasteiger partial charge in [0.1, 0.15) is 5.60 Å². The quantitative estimate of drug-likeness (QED) is 0.275. The number of rotatable bonds is 5. The third-order valence-corrected chi connectivity index (χ3v) is 16.5. The Labute approximate surface area is 235 Å². The number of hydrogen-bond donors (Lipinski definition) is 0. The normalized spacial score (nSPS) is 53.0. The van der Waals surface area contributed by atoms with Gasteiger partial charge in [0, 0.05) is 0 Å². The minimum absolute atomic E-state index is 0.0278. The summed E-state index contributed by atoms with van der Waals surface area (Å²) in [6.45, 7) is 2.20. The summed E-state index contributed by atoms with van der Waals surface area (Å²) >= 11 is 0. The Morgan fingerprint density at radius 3 is 1.92 bits per heavy atom. The van der Waals surface area contributed by atoms with Gasteiger partial charge in [0.25, 0.3) is 0 Å². The van der Waals surface area contributed by atoms with Crippen LogP contribution in [-0.2, 0) is 19.4 Å². The van der Waals surface area contributed by atoms with Crippen molar-refractivity contribution in [3.63, 3.8) is 0 Å². The first-order valence-corrected chi connectivity index (χ1v) is 18.2. The number of ether oxygens (including phenoxy) is 1. The van der Waals surface area contributed by atoms with Gasteiger partial charge in [-0.2, -0.15) is 0 Å². The molecule has 214 valence electrons. The van der Waals surface area contributed by atoms with E-state index >= 15 is 0 Å². The molecule has 8 saturated carbocycles. The predicted octanol–water partition coefficient (Wildman–Crippen LogP) is 6.90. The smallest absolute Gasteiger partial charge is 0.310 e. The maximum Gasteiger partial charge on any atom is 0.310 e. The molecule has 4 nitrogen and oxygen atoms in total. The summed E-state index contributed by atoms with van der Waals surface area (Å²) < 4.78 is 32.7. The average molecular weight is 553 g/mol. The van der Waals surface area contributed by atoms with Crippen molar-refractivity contribution in [1.82, 2.24) is 0 Å². The average Bonchev–Trinajstić information content (AvgIpc) is 3.76. The molecule has 0 N–H and O–H groups in total. The number of allylic oxidation sites excluding steroid dienone is 4. The highest BCUT2D eigenvalue weighted by molar-refractivity contribution is 7.92. The summed E-state index contributed by atoms with van der Waals surface area (Å²) in [6.07, 6.45) is 25.6. The Balaban J connectivity index is 0.000000121. The standard InChI is InChI=1S/C17H24O2S.C17H24O2/c18-20(19,16-9-10-1-2-13(16)4-10)17-14-5-11-3-12(7-14)8-15(17)6-11;1-2-17(10-12-4-6-14(17)8-12)19-16(18)15-9-11-3-5-13(15)7-11/h1-2,10-17H,3-9H2;3,5,11-15H,2,4,6-10H2,1H3. The molecule has 10 bridgehead atoms. The first kappa shape index (κ1) is 25.6. The van der Waals surface area contributed by atoms with Gasteiger partial charge in [0.05, 0.1) is 16.4 Å². The summed E-state index contributed by atoms with van der Waals surface area (Å²) in [4.78, 5) is 12.6. The van der Waals surface area contributed by atoms with Crippen LogP contribution in [0.3, 0.4) is 0 Å². The van der Waals surface area contributed by atoms with Crippen LogP contribution in [0.1, 0.15) is 96.8 Å². The highest BCUT2D eigenvalue weighted by atomic mass is 32.2. The van der Waals surface area contributed by atoms with E-state index in [4.69, 9.17) is 4.74 Å². The Morgan fingerprint density at radius 1 is 0.769 bits per heavy atom. The second-order valence-electron chi connectivity index (χ2n) is 15.6. The summed E-state index contributed by atoms with van der Waals surface area (Å²) in [5, 5.41) is 0.00748. The molecule has 0 radical (unpaired) electrons. The number of hydrogen-bond acceptors (Lipinski definition) is 4. The SMILES string of the molecule is CCC1(OC(=O)C2CC3C=CC2C3)CC2CCC1C2.O=S(=O)(C1CC2C=CC1C2)C1C2CC3CC(C2)CC1C3. The van der Waals surface area contributed by atoms with E-state index in [1.165, 1.54) is 57.8 Å². The fourth-order valence-electron chi connectivity index (χ4n) is 12.1. The van der Waals surface area contributed by atoms with Crippen LogP contribution in [0, 0.1) is 65.1 Å². The van der Waals surface area contributed by atoms with Crippen molar-refractivity contribution in [1.29, 1.82) is 0 Å². The van der Waals surface area contributed by atoms with Crippen molar-refractivity contribution < 1.29 is 17.9 Å². The zero-order chi connectivity index (χ0) is 26.5. The van der Waals surface area contributed by atoms with Crippen molar-refractivity contribution in [2.45, 2.75) is 113 Å². The van der Waals surface area contributed by atoms with Gasteiger partial charge < -0.3 is 4.74 Å². The zero-order valence-electron chi connectivity index (χ0n) is 23.8. The Hall–Kier alpha value is -1.10. The number of fused-ring (bicyclic) bond motifs is 6. The lowest BCUT2D eigenvalue weighted by Gasteiger charge is -2.54. The van der Waals surface area contributed by atoms with E-state index in [-0.39, 0.29) is 28.0 Å². The Morgan fingerprint density at radius 2 is 1.44 bits per heavy atom. The molecule has 10 rings (SSSR count). The molecule has 0 saturated heterocycles. The lowest BCUT2D eigenvalue weighted by molar-refractivity contribution is -0.172. The van der Waals surface area contributed by atoms with Gasteiger partial charge in [-0.15, -0.1) is 0 Å². The monoisotopic (exact) mass is 552 g/mol. The van der Waals surface area contributed by atoms with E-state index in [0.717, 1.165) is 49.9 Å². The van der Waals surface area contributed by atoms with Gasteiger partial charge in [-0.1, -0.05) is 31.2 Å². The van der Waals surface area contributed by atoms with Gasteiger partial charge in [-0.25, -0.2) is 8.42 Å². The van der Waals surface area contributed by atoms with Crippen LogP contribution in [0.25, 0.3) is 0 Å². The molecular formula is C34H48O4S. The molecule has 0 spiro atoms. The van der Waals surface area contributed by atoms with E-state index in [2.05, 4.69) is 31.2 Å². The predicted molar refractivity (Wildman–Crippen MR) is 152 cm³/mol. The first-order chi connectivity index (χ1) is 18.8. The Kier molecular flexibility index (Phi) is 6.04. The molecule has 0 heterocycles. The van der Waals surface area contributed by atoms with Crippen LogP contribution in [0.5, 0.6) is 0 Å². The van der Waals surface area contributed by atoms with Crippen LogP contribution in [0.15, 0.2) is 24.3 Å². The van der Waals surface area contributed by atoms with Gasteiger partial charge in [-0.05, 0) is 149 Å². The lowest BCUT2D eigenvalue weighted by Crippen LogP contribution is -2.54. The molecule has 39 heavy (non-hydrogen) atoms. The fourth-order valence-corrected chi connectivity index (χ4v) is 15.2. The van der Waals surface area contributed by atoms with E-state index in [0.29, 0.717) is 41.4 Å². The van der Waals surface area contributed by atoms with Gasteiger partial charge >= 0.3 is 5.97 Å². The topological polar surface area (TPSA) is 60.4 Å². The van der Waals surface area contributed by atoms with E-state index in [9.17, 15) is 13.2 Å². The first-order valence-electron chi connectivity index (χ1n) is 16.6. The van der Waals surface area contributed by atoms with Crippen molar-refractivity contribution in [3.8, 4) is 0 Å². The van der Waals surface area contributed by atoms with Crippen molar-refractivity contribution in [2.75, 3.05) is 0 Å². The largest absolute Gasteiger partial charge is 0.459 e. The molecule has 10 aliphatic rings. The van der Waals surface area contributed by atoms with Crippen LogP contribution >= 0.6 is 0 Å². The summed E-state index contributed by atoms with van der Waals surface area (Å²) in [7, 11) is -2.91. The minimum Gasteiger partial charge on any atom is -0.459 e. The van der Waals surface area contributed by atoms with Crippen LogP contribution in [-0.4, -0.2) is 30.5 Å². The van der Waals surface area contributed by atoms with E-state index in [1.54, 1.807) is 0 Å². The molecule has 0 aromatic carbocycles. The third kappa shape index (κ3) is 4.08. The van der Waals surface area contributed by atoms with Crippen LogP contribution in [0.4, 0.5) is 0 Å². The van der Waals surface area contributed by atoms with E-state index < -0.39 is 9.84 Å². The van der Waals surface area contributed by atoms with Crippen molar-refractivity contribution in [2.24, 2.45) is 65.1 Å². The lowest BCUT2D eigenvalue weighted by atomic mass is 9.56. The second kappa shape index (κ2) is 9.20. The van der Waals surface area contributed by atoms with Crippen LogP contribution in [0.2, 0.25) is 0 Å². The van der Waals surface area contributed by atoms with Gasteiger partial charge in [-0.3, -0.25) is 4.79 Å². The van der Waals surface area contributed by atoms with Crippen molar-refractivity contribution in [3.05, 3.63) is 24.3 Å². The molecule has 5 heteroatoms. The minimum atomic E-state index is -2.91. The maximum absolute atomic E-state index is 13.3. The maximum atomic E-state index is 13.3. The summed E-state index contributed by atoms with van der Waals surface area (Å²) in [5.41, 5.74) is -0.0917. The summed E-state index contributed by atoms with van der Waals surface area (Å²) in [6, 6.07) is 0. The fraction of sp³-hybridized carbons (Fsp3) is 0.853. The zero-order valence-corrected chi connectivity index (χ0v) is 24.6. The van der Waals surface area contributed by atoms with Crippen molar-refractivity contribution >= 4 is 15.8 Å². The number of sulfone groups is 1. The molecule has 0 aromatic heterocycles. The third-order valence-electron chi connectivity index (χ3n) is 13.6. The van der Waals surface area contributed by atoms with Gasteiger partial charge in [0.2, 0.25) is 0 Å². The number of carbonyl (C=O) groups excluding carboxylic acids is 1. The second-order valence-corrected chi connectivity index (χ2v) is 17.9. The van der Waals surface area contributed by atoms with Crippen LogP contribution < -0.4 is 0 Å². The molecule has 10 aliphatic carbocycles. The number of carbonyl (C=O) groups is 1. The molecular weight excluding hydrogens is 504 g/mol. The number of esters is 1. The molecule has 0 amide bonds. The highest BCUT2D eigenvalue weighted by Crippen LogP contribution is 2.58. The molecule has 8 fully saturated rings. The van der Waals surface area contributed by atoms with Gasteiger partial charge in [0.15, 0.2) is 9.84 Å². The Bertz CT molecular complexity index is 1140. The molecule has 9 atom stereocenters. The molecule has 0 aromatic rings. The highest BCUT2D eigenvalue weighted by Gasteiger charge is 2.57. The molecule has 0 aliphatic heterocycles. The summed E-state index contributed by atoms with van der Waals surface area (Å²) in [5.74, 6) is 6.57. The van der Waals surface area contributed by atoms with E-state index in [1.807, 2.05) is 0 Å².